The second-order valence-corrected chi connectivity index (χ2v) is 11.3. The second-order valence-electron chi connectivity index (χ2n) is 8.94. The Kier molecular flexibility index (Phi) is 13.8. The molecule has 0 spiro atoms. The third kappa shape index (κ3) is 10.1. The van der Waals surface area contributed by atoms with Crippen molar-refractivity contribution in [2.75, 3.05) is 6.61 Å². The lowest BCUT2D eigenvalue weighted by Crippen LogP contribution is -2.08. The molecule has 0 bridgehead atoms. The summed E-state index contributed by atoms with van der Waals surface area (Å²) in [6.45, 7) is 2.43. The van der Waals surface area contributed by atoms with E-state index in [4.69, 9.17) is 27.4 Å². The summed E-state index contributed by atoms with van der Waals surface area (Å²) in [6.07, 6.45) is 19.0. The van der Waals surface area contributed by atoms with Crippen molar-refractivity contribution in [1.82, 2.24) is 0 Å². The topological polar surface area (TPSA) is 43.4 Å². The number of unbranched alkanes of at least 4 members (excludes halogenated alkanes) is 14. The molecule has 2 aromatic carbocycles. The van der Waals surface area contributed by atoms with Crippen LogP contribution in [0.5, 0.6) is 0 Å². The monoisotopic (exact) mass is 514 g/mol. The molecule has 2 aromatic rings. The van der Waals surface area contributed by atoms with Crippen LogP contribution in [0.3, 0.4) is 0 Å². The summed E-state index contributed by atoms with van der Waals surface area (Å²) >= 11 is 12.6. The van der Waals surface area contributed by atoms with Crippen LogP contribution in [0.15, 0.2) is 35.2 Å². The Bertz CT molecular complexity index is 928. The molecule has 0 aromatic heterocycles. The average molecular weight is 516 g/mol. The van der Waals surface area contributed by atoms with E-state index in [0.29, 0.717) is 10.4 Å². The molecular weight excluding hydrogens is 475 g/mol. The number of fused-ring (bicyclic) bond motifs is 1. The van der Waals surface area contributed by atoms with Gasteiger partial charge in [-0.2, -0.15) is 8.42 Å². The molecule has 33 heavy (non-hydrogen) atoms. The normalized spacial score (nSPS) is 12.0. The van der Waals surface area contributed by atoms with Crippen molar-refractivity contribution in [3.8, 4) is 0 Å². The van der Waals surface area contributed by atoms with Gasteiger partial charge in [0.05, 0.1) is 11.6 Å². The molecule has 0 aliphatic carbocycles. The van der Waals surface area contributed by atoms with Gasteiger partial charge in [-0.15, -0.1) is 0 Å². The van der Waals surface area contributed by atoms with E-state index in [1.165, 1.54) is 83.1 Å². The van der Waals surface area contributed by atoms with Crippen LogP contribution in [0.2, 0.25) is 10.0 Å². The molecule has 6 heteroatoms. The van der Waals surface area contributed by atoms with Crippen molar-refractivity contribution < 1.29 is 12.6 Å². The first-order valence-electron chi connectivity index (χ1n) is 12.7. The Morgan fingerprint density at radius 1 is 0.697 bits per heavy atom. The molecule has 0 saturated carbocycles. The van der Waals surface area contributed by atoms with Gasteiger partial charge in [0.2, 0.25) is 0 Å². The summed E-state index contributed by atoms with van der Waals surface area (Å²) in [5, 5.41) is 1.85. The van der Waals surface area contributed by atoms with Gasteiger partial charge < -0.3 is 0 Å². The lowest BCUT2D eigenvalue weighted by atomic mass is 10.0. The minimum Gasteiger partial charge on any atom is -0.266 e. The third-order valence-corrected chi connectivity index (χ3v) is 8.32. The summed E-state index contributed by atoms with van der Waals surface area (Å²) in [5.74, 6) is 0. The van der Waals surface area contributed by atoms with Crippen LogP contribution in [-0.2, 0) is 14.3 Å². The molecule has 0 heterocycles. The van der Waals surface area contributed by atoms with Crippen molar-refractivity contribution in [3.63, 3.8) is 0 Å². The average Bonchev–Trinajstić information content (AvgIpc) is 2.81. The molecule has 0 saturated heterocycles. The predicted octanol–water partition coefficient (Wildman–Crippen LogP) is 9.72. The highest BCUT2D eigenvalue weighted by Crippen LogP contribution is 2.36. The number of halogens is 2. The molecule has 0 fully saturated rings. The van der Waals surface area contributed by atoms with Gasteiger partial charge in [-0.1, -0.05) is 144 Å². The fourth-order valence-corrected chi connectivity index (χ4v) is 6.06. The SMILES string of the molecule is CCCCCCCCCCCCCCCCCOS(=O)(=O)c1cc(Cl)c2ccccc2c1Cl. The van der Waals surface area contributed by atoms with Crippen LogP contribution < -0.4 is 0 Å². The van der Waals surface area contributed by atoms with Gasteiger partial charge in [0.25, 0.3) is 10.1 Å². The molecule has 0 aliphatic heterocycles. The van der Waals surface area contributed by atoms with Crippen LogP contribution in [0.25, 0.3) is 10.8 Å². The van der Waals surface area contributed by atoms with E-state index >= 15 is 0 Å². The van der Waals surface area contributed by atoms with E-state index in [1.807, 2.05) is 12.1 Å². The van der Waals surface area contributed by atoms with Crippen molar-refractivity contribution in [2.24, 2.45) is 0 Å². The Balaban J connectivity index is 1.55. The first-order chi connectivity index (χ1) is 16.0. The zero-order valence-electron chi connectivity index (χ0n) is 20.1. The van der Waals surface area contributed by atoms with Crippen molar-refractivity contribution in [3.05, 3.63) is 40.4 Å². The molecule has 186 valence electrons. The number of rotatable bonds is 18. The fourth-order valence-electron chi connectivity index (χ4n) is 4.16. The Morgan fingerprint density at radius 2 is 1.15 bits per heavy atom. The molecule has 0 N–H and O–H groups in total. The predicted molar refractivity (Wildman–Crippen MR) is 142 cm³/mol. The number of hydrogen-bond acceptors (Lipinski definition) is 3. The lowest BCUT2D eigenvalue weighted by molar-refractivity contribution is 0.306. The highest BCUT2D eigenvalue weighted by Gasteiger charge is 2.22. The molecule has 0 atom stereocenters. The third-order valence-electron chi connectivity index (χ3n) is 6.15. The van der Waals surface area contributed by atoms with Gasteiger partial charge in [0.15, 0.2) is 0 Å². The fraction of sp³-hybridized carbons (Fsp3) is 0.630. The maximum Gasteiger partial charge on any atom is 0.298 e. The van der Waals surface area contributed by atoms with Crippen molar-refractivity contribution in [2.45, 2.75) is 108 Å². The largest absolute Gasteiger partial charge is 0.298 e. The lowest BCUT2D eigenvalue weighted by Gasteiger charge is -2.11. The summed E-state index contributed by atoms with van der Waals surface area (Å²) in [7, 11) is -3.94. The molecule has 0 aliphatic rings. The molecule has 2 rings (SSSR count). The van der Waals surface area contributed by atoms with E-state index in [9.17, 15) is 8.42 Å². The van der Waals surface area contributed by atoms with Crippen LogP contribution in [0.1, 0.15) is 103 Å². The van der Waals surface area contributed by atoms with E-state index in [-0.39, 0.29) is 16.5 Å². The zero-order chi connectivity index (χ0) is 23.9. The van der Waals surface area contributed by atoms with E-state index in [1.54, 1.807) is 12.1 Å². The maximum absolute atomic E-state index is 12.6. The highest BCUT2D eigenvalue weighted by molar-refractivity contribution is 7.87. The highest BCUT2D eigenvalue weighted by atomic mass is 35.5. The van der Waals surface area contributed by atoms with Gasteiger partial charge >= 0.3 is 0 Å². The standard InChI is InChI=1S/C27H40Cl2O3S/c1-2-3-4-5-6-7-8-9-10-11-12-13-14-15-18-21-32-33(30,31)26-22-25(28)23-19-16-17-20-24(23)27(26)29/h16-17,19-20,22H,2-15,18,21H2,1H3. The number of hydrogen-bond donors (Lipinski definition) is 0. The first-order valence-corrected chi connectivity index (χ1v) is 14.9. The molecule has 0 radical (unpaired) electrons. The molecule has 0 amide bonds. The van der Waals surface area contributed by atoms with Gasteiger partial charge in [-0.25, -0.2) is 0 Å². The minimum atomic E-state index is -3.94. The summed E-state index contributed by atoms with van der Waals surface area (Å²) < 4.78 is 30.5. The van der Waals surface area contributed by atoms with Crippen LogP contribution >= 0.6 is 23.2 Å². The van der Waals surface area contributed by atoms with Gasteiger partial charge in [0, 0.05) is 15.8 Å². The quantitative estimate of drug-likeness (QED) is 0.147. The maximum atomic E-state index is 12.6. The summed E-state index contributed by atoms with van der Waals surface area (Å²) in [6, 6.07) is 8.60. The molecule has 0 unspecified atom stereocenters. The van der Waals surface area contributed by atoms with E-state index < -0.39 is 10.1 Å². The summed E-state index contributed by atoms with van der Waals surface area (Å²) in [4.78, 5) is -0.0613. The summed E-state index contributed by atoms with van der Waals surface area (Å²) in [5.41, 5.74) is 0. The second kappa shape index (κ2) is 16.0. The molecular formula is C27H40Cl2O3S. The van der Waals surface area contributed by atoms with Gasteiger partial charge in [-0.05, 0) is 12.5 Å². The zero-order valence-corrected chi connectivity index (χ0v) is 22.4. The minimum absolute atomic E-state index is 0.0613. The smallest absolute Gasteiger partial charge is 0.266 e. The van der Waals surface area contributed by atoms with Crippen LogP contribution in [-0.4, -0.2) is 15.0 Å². The van der Waals surface area contributed by atoms with E-state index in [0.717, 1.165) is 24.6 Å². The van der Waals surface area contributed by atoms with Gasteiger partial charge in [-0.3, -0.25) is 4.18 Å². The van der Waals surface area contributed by atoms with Crippen molar-refractivity contribution >= 4 is 44.1 Å². The van der Waals surface area contributed by atoms with Crippen LogP contribution in [0.4, 0.5) is 0 Å². The number of benzene rings is 2. The van der Waals surface area contributed by atoms with Crippen LogP contribution in [0, 0.1) is 0 Å². The Labute approximate surface area is 211 Å². The van der Waals surface area contributed by atoms with E-state index in [2.05, 4.69) is 6.92 Å². The first kappa shape index (κ1) is 28.4. The Hall–Kier alpha value is -0.810. The Morgan fingerprint density at radius 3 is 1.67 bits per heavy atom. The molecule has 3 nitrogen and oxygen atoms in total. The van der Waals surface area contributed by atoms with Gasteiger partial charge in [0.1, 0.15) is 4.90 Å². The van der Waals surface area contributed by atoms with Crippen molar-refractivity contribution in [1.29, 1.82) is 0 Å².